The number of fused-ring (bicyclic) bond motifs is 1. The van der Waals surface area contributed by atoms with Crippen LogP contribution >= 0.6 is 0 Å². The summed E-state index contributed by atoms with van der Waals surface area (Å²) in [5.41, 5.74) is 10.2. The number of rotatable bonds is 6. The van der Waals surface area contributed by atoms with Crippen LogP contribution < -0.4 is 19.9 Å². The molecule has 3 rings (SSSR count). The van der Waals surface area contributed by atoms with Crippen molar-refractivity contribution in [2.45, 2.75) is 32.0 Å². The zero-order valence-corrected chi connectivity index (χ0v) is 16.0. The predicted molar refractivity (Wildman–Crippen MR) is 103 cm³/mol. The average Bonchev–Trinajstić information content (AvgIpc) is 2.66. The molecule has 1 heterocycles. The summed E-state index contributed by atoms with van der Waals surface area (Å²) in [6.07, 6.45) is 0.967. The van der Waals surface area contributed by atoms with Crippen molar-refractivity contribution >= 4 is 0 Å². The van der Waals surface area contributed by atoms with E-state index in [2.05, 4.69) is 36.1 Å². The summed E-state index contributed by atoms with van der Waals surface area (Å²) in [4.78, 5) is 2.45. The van der Waals surface area contributed by atoms with Gasteiger partial charge in [0.1, 0.15) is 5.75 Å². The molecular weight excluding hydrogens is 328 g/mol. The Labute approximate surface area is 155 Å². The summed E-state index contributed by atoms with van der Waals surface area (Å²) < 4.78 is 16.2. The maximum atomic E-state index is 6.40. The number of methoxy groups -OCH3 is 3. The molecule has 1 aliphatic rings. The van der Waals surface area contributed by atoms with E-state index < -0.39 is 0 Å². The number of nitrogens with two attached hydrogens (primary N) is 1. The van der Waals surface area contributed by atoms with Gasteiger partial charge in [-0.2, -0.15) is 0 Å². The lowest BCUT2D eigenvalue weighted by atomic mass is 9.88. The third kappa shape index (κ3) is 3.64. The molecule has 26 heavy (non-hydrogen) atoms. The fourth-order valence-electron chi connectivity index (χ4n) is 3.79. The first-order valence-electron chi connectivity index (χ1n) is 8.94. The van der Waals surface area contributed by atoms with Crippen molar-refractivity contribution in [2.75, 3.05) is 27.9 Å². The van der Waals surface area contributed by atoms with E-state index in [0.29, 0.717) is 0 Å². The van der Waals surface area contributed by atoms with Gasteiger partial charge in [-0.15, -0.1) is 0 Å². The van der Waals surface area contributed by atoms with Crippen molar-refractivity contribution in [3.63, 3.8) is 0 Å². The van der Waals surface area contributed by atoms with Crippen LogP contribution in [-0.2, 0) is 13.0 Å². The first-order chi connectivity index (χ1) is 12.6. The lowest BCUT2D eigenvalue weighted by Crippen LogP contribution is -2.43. The van der Waals surface area contributed by atoms with Crippen molar-refractivity contribution < 1.29 is 14.2 Å². The van der Waals surface area contributed by atoms with E-state index in [1.54, 1.807) is 21.3 Å². The zero-order valence-electron chi connectivity index (χ0n) is 16.0. The second kappa shape index (κ2) is 7.98. The number of ether oxygens (including phenoxy) is 3. The fourth-order valence-corrected chi connectivity index (χ4v) is 3.79. The van der Waals surface area contributed by atoms with Gasteiger partial charge < -0.3 is 19.9 Å². The summed E-state index contributed by atoms with van der Waals surface area (Å²) in [5.74, 6) is 2.40. The Morgan fingerprint density at radius 1 is 1.04 bits per heavy atom. The number of nitrogens with zero attached hydrogens (tertiary/aromatic N) is 1. The van der Waals surface area contributed by atoms with Crippen LogP contribution in [0.3, 0.4) is 0 Å². The molecular formula is C21H28N2O3. The first-order valence-corrected chi connectivity index (χ1v) is 8.94. The molecule has 0 saturated heterocycles. The Balaban J connectivity index is 1.91. The SMILES string of the molecule is COc1ccc(CN2CCc3cc(OC)c(OC)cc3C2C(C)N)cc1. The van der Waals surface area contributed by atoms with Crippen molar-refractivity contribution in [3.05, 3.63) is 53.1 Å². The largest absolute Gasteiger partial charge is 0.497 e. The smallest absolute Gasteiger partial charge is 0.161 e. The van der Waals surface area contributed by atoms with Gasteiger partial charge in [-0.1, -0.05) is 12.1 Å². The van der Waals surface area contributed by atoms with E-state index in [1.165, 1.54) is 16.7 Å². The highest BCUT2D eigenvalue weighted by Gasteiger charge is 2.31. The molecule has 0 aliphatic carbocycles. The van der Waals surface area contributed by atoms with Crippen LogP contribution in [0.25, 0.3) is 0 Å². The Hall–Kier alpha value is -2.24. The van der Waals surface area contributed by atoms with Crippen LogP contribution in [0.15, 0.2) is 36.4 Å². The van der Waals surface area contributed by atoms with Crippen molar-refractivity contribution in [2.24, 2.45) is 5.73 Å². The monoisotopic (exact) mass is 356 g/mol. The Morgan fingerprint density at radius 2 is 1.69 bits per heavy atom. The molecule has 2 atom stereocenters. The average molecular weight is 356 g/mol. The van der Waals surface area contributed by atoms with Crippen LogP contribution in [0.2, 0.25) is 0 Å². The van der Waals surface area contributed by atoms with Gasteiger partial charge in [0.05, 0.1) is 27.4 Å². The van der Waals surface area contributed by atoms with Gasteiger partial charge in [0.15, 0.2) is 11.5 Å². The van der Waals surface area contributed by atoms with Gasteiger partial charge in [-0.3, -0.25) is 4.90 Å². The van der Waals surface area contributed by atoms with Gasteiger partial charge in [0, 0.05) is 19.1 Å². The summed E-state index contributed by atoms with van der Waals surface area (Å²) in [6.45, 7) is 3.88. The van der Waals surface area contributed by atoms with Crippen LogP contribution in [-0.4, -0.2) is 38.8 Å². The van der Waals surface area contributed by atoms with E-state index >= 15 is 0 Å². The minimum absolute atomic E-state index is 0.00500. The lowest BCUT2D eigenvalue weighted by Gasteiger charge is -2.40. The molecule has 5 nitrogen and oxygen atoms in total. The van der Waals surface area contributed by atoms with Gasteiger partial charge >= 0.3 is 0 Å². The van der Waals surface area contributed by atoms with Gasteiger partial charge in [-0.05, 0) is 54.3 Å². The number of hydrogen-bond donors (Lipinski definition) is 1. The molecule has 2 aromatic carbocycles. The van der Waals surface area contributed by atoms with Crippen molar-refractivity contribution in [3.8, 4) is 17.2 Å². The van der Waals surface area contributed by atoms with E-state index in [-0.39, 0.29) is 12.1 Å². The molecule has 0 bridgehead atoms. The predicted octanol–water partition coefficient (Wildman–Crippen LogP) is 3.16. The molecule has 140 valence electrons. The third-order valence-electron chi connectivity index (χ3n) is 5.07. The highest BCUT2D eigenvalue weighted by Crippen LogP contribution is 2.39. The standard InChI is InChI=1S/C21H28N2O3/c1-14(22)21-18-12-20(26-4)19(25-3)11-16(18)9-10-23(21)13-15-5-7-17(24-2)8-6-15/h5-8,11-12,14,21H,9-10,13,22H2,1-4H3. The van der Waals surface area contributed by atoms with Gasteiger partial charge in [0.2, 0.25) is 0 Å². The normalized spacial score (nSPS) is 18.1. The Morgan fingerprint density at radius 3 is 2.27 bits per heavy atom. The maximum Gasteiger partial charge on any atom is 0.161 e. The van der Waals surface area contributed by atoms with Crippen LogP contribution in [0.5, 0.6) is 17.2 Å². The van der Waals surface area contributed by atoms with Crippen LogP contribution in [0, 0.1) is 0 Å². The minimum Gasteiger partial charge on any atom is -0.497 e. The molecule has 0 radical (unpaired) electrons. The zero-order chi connectivity index (χ0) is 18.7. The fraction of sp³-hybridized carbons (Fsp3) is 0.429. The highest BCUT2D eigenvalue weighted by atomic mass is 16.5. The maximum absolute atomic E-state index is 6.40. The highest BCUT2D eigenvalue weighted by molar-refractivity contribution is 5.50. The third-order valence-corrected chi connectivity index (χ3v) is 5.07. The second-order valence-electron chi connectivity index (χ2n) is 6.78. The summed E-state index contributed by atoms with van der Waals surface area (Å²) in [5, 5.41) is 0. The van der Waals surface area contributed by atoms with E-state index in [4.69, 9.17) is 19.9 Å². The first kappa shape index (κ1) is 18.5. The quantitative estimate of drug-likeness (QED) is 0.862. The number of benzene rings is 2. The molecule has 2 N–H and O–H groups in total. The lowest BCUT2D eigenvalue weighted by molar-refractivity contribution is 0.155. The molecule has 0 aromatic heterocycles. The van der Waals surface area contributed by atoms with E-state index in [1.807, 2.05) is 12.1 Å². The second-order valence-corrected chi connectivity index (χ2v) is 6.78. The summed E-state index contributed by atoms with van der Waals surface area (Å²) in [7, 11) is 5.03. The minimum atomic E-state index is 0.00500. The Kier molecular flexibility index (Phi) is 5.69. The van der Waals surface area contributed by atoms with Crippen LogP contribution in [0.4, 0.5) is 0 Å². The number of hydrogen-bond acceptors (Lipinski definition) is 5. The van der Waals surface area contributed by atoms with Crippen molar-refractivity contribution in [1.29, 1.82) is 0 Å². The van der Waals surface area contributed by atoms with Crippen molar-refractivity contribution in [1.82, 2.24) is 4.90 Å². The van der Waals surface area contributed by atoms with Gasteiger partial charge in [0.25, 0.3) is 0 Å². The Bertz CT molecular complexity index is 744. The van der Waals surface area contributed by atoms with Crippen LogP contribution in [0.1, 0.15) is 29.7 Å². The molecule has 0 saturated carbocycles. The van der Waals surface area contributed by atoms with Gasteiger partial charge in [-0.25, -0.2) is 0 Å². The molecule has 2 unspecified atom stereocenters. The summed E-state index contributed by atoms with van der Waals surface area (Å²) in [6, 6.07) is 12.6. The molecule has 1 aliphatic heterocycles. The van der Waals surface area contributed by atoms with E-state index in [0.717, 1.165) is 36.8 Å². The molecule has 5 heteroatoms. The molecule has 0 spiro atoms. The van der Waals surface area contributed by atoms with E-state index in [9.17, 15) is 0 Å². The molecule has 2 aromatic rings. The molecule has 0 fully saturated rings. The topological polar surface area (TPSA) is 57.0 Å². The summed E-state index contributed by atoms with van der Waals surface area (Å²) >= 11 is 0. The molecule has 0 amide bonds.